The van der Waals surface area contributed by atoms with Crippen molar-refractivity contribution >= 4 is 34.2 Å². The van der Waals surface area contributed by atoms with E-state index in [2.05, 4.69) is 15.0 Å². The van der Waals surface area contributed by atoms with Gasteiger partial charge >= 0.3 is 0 Å². The van der Waals surface area contributed by atoms with E-state index in [4.69, 9.17) is 23.2 Å². The number of benzene rings is 1. The van der Waals surface area contributed by atoms with Gasteiger partial charge in [-0.15, -0.1) is 11.6 Å². The summed E-state index contributed by atoms with van der Waals surface area (Å²) in [5, 5.41) is 0.676. The Morgan fingerprint density at radius 3 is 2.75 bits per heavy atom. The highest BCUT2D eigenvalue weighted by atomic mass is 35.5. The second-order valence-corrected chi connectivity index (χ2v) is 5.23. The third-order valence-corrected chi connectivity index (χ3v) is 3.54. The third-order valence-electron chi connectivity index (χ3n) is 3.06. The number of imidazole rings is 1. The number of halogens is 2. The summed E-state index contributed by atoms with van der Waals surface area (Å²) in [5.74, 6) is 1.14. The van der Waals surface area contributed by atoms with Crippen molar-refractivity contribution in [3.05, 3.63) is 52.8 Å². The van der Waals surface area contributed by atoms with Crippen LogP contribution < -0.4 is 0 Å². The van der Waals surface area contributed by atoms with E-state index in [1.165, 1.54) is 0 Å². The van der Waals surface area contributed by atoms with Crippen LogP contribution in [0.15, 0.2) is 30.6 Å². The number of alkyl halides is 1. The van der Waals surface area contributed by atoms with Crippen LogP contribution >= 0.6 is 23.2 Å². The van der Waals surface area contributed by atoms with Gasteiger partial charge in [-0.2, -0.15) is 0 Å². The first kappa shape index (κ1) is 13.3. The highest BCUT2D eigenvalue weighted by Gasteiger charge is 2.11. The molecule has 0 saturated heterocycles. The Hall–Kier alpha value is -1.65. The van der Waals surface area contributed by atoms with Gasteiger partial charge in [0.15, 0.2) is 0 Å². The molecule has 0 saturated carbocycles. The number of fused-ring (bicyclic) bond motifs is 1. The largest absolute Gasteiger partial charge is 0.321 e. The Morgan fingerprint density at radius 2 is 2.05 bits per heavy atom. The Morgan fingerprint density at radius 1 is 1.20 bits per heavy atom. The lowest BCUT2D eigenvalue weighted by molar-refractivity contribution is 0.751. The maximum absolute atomic E-state index is 6.06. The smallest absolute Gasteiger partial charge is 0.125 e. The SMILES string of the molecule is Cc1cnc(Cn2c(CCl)nc3ccc(Cl)cc32)cn1. The molecule has 0 fully saturated rings. The summed E-state index contributed by atoms with van der Waals surface area (Å²) in [4.78, 5) is 13.1. The first-order valence-electron chi connectivity index (χ1n) is 6.15. The zero-order valence-electron chi connectivity index (χ0n) is 10.8. The fraction of sp³-hybridized carbons (Fsp3) is 0.214. The van der Waals surface area contributed by atoms with Crippen LogP contribution in [-0.4, -0.2) is 19.5 Å². The molecule has 3 aromatic rings. The summed E-state index contributed by atoms with van der Waals surface area (Å²) in [7, 11) is 0. The number of hydrogen-bond donors (Lipinski definition) is 0. The van der Waals surface area contributed by atoms with Gasteiger partial charge in [-0.1, -0.05) is 11.6 Å². The number of aryl methyl sites for hydroxylation is 1. The van der Waals surface area contributed by atoms with Gasteiger partial charge in [0.1, 0.15) is 5.82 Å². The van der Waals surface area contributed by atoms with Crippen molar-refractivity contribution in [2.45, 2.75) is 19.3 Å². The molecule has 0 radical (unpaired) electrons. The predicted octanol–water partition coefficient (Wildman–Crippen LogP) is 3.58. The van der Waals surface area contributed by atoms with Crippen molar-refractivity contribution in [3.63, 3.8) is 0 Å². The Bertz CT molecular complexity index is 750. The van der Waals surface area contributed by atoms with Gasteiger partial charge in [-0.3, -0.25) is 9.97 Å². The minimum atomic E-state index is 0.339. The van der Waals surface area contributed by atoms with E-state index in [-0.39, 0.29) is 0 Å². The van der Waals surface area contributed by atoms with Crippen molar-refractivity contribution in [2.24, 2.45) is 0 Å². The van der Waals surface area contributed by atoms with Gasteiger partial charge in [0.25, 0.3) is 0 Å². The maximum atomic E-state index is 6.06. The quantitative estimate of drug-likeness (QED) is 0.695. The second kappa shape index (κ2) is 5.38. The topological polar surface area (TPSA) is 43.6 Å². The summed E-state index contributed by atoms with van der Waals surface area (Å²) >= 11 is 12.0. The van der Waals surface area contributed by atoms with Gasteiger partial charge in [-0.05, 0) is 25.1 Å². The Labute approximate surface area is 126 Å². The molecular formula is C14H12Cl2N4. The fourth-order valence-electron chi connectivity index (χ4n) is 2.09. The van der Waals surface area contributed by atoms with E-state index >= 15 is 0 Å². The van der Waals surface area contributed by atoms with Gasteiger partial charge in [0, 0.05) is 11.2 Å². The molecule has 4 nitrogen and oxygen atoms in total. The molecule has 2 aromatic heterocycles. The number of rotatable bonds is 3. The van der Waals surface area contributed by atoms with Crippen LogP contribution in [0.5, 0.6) is 0 Å². The lowest BCUT2D eigenvalue weighted by atomic mass is 10.3. The molecule has 0 bridgehead atoms. The van der Waals surface area contributed by atoms with E-state index in [1.54, 1.807) is 12.4 Å². The van der Waals surface area contributed by atoms with Crippen LogP contribution in [0.4, 0.5) is 0 Å². The fourth-order valence-corrected chi connectivity index (χ4v) is 2.46. The highest BCUT2D eigenvalue weighted by molar-refractivity contribution is 6.31. The summed E-state index contributed by atoms with van der Waals surface area (Å²) < 4.78 is 2.02. The summed E-state index contributed by atoms with van der Waals surface area (Å²) in [5.41, 5.74) is 3.59. The first-order chi connectivity index (χ1) is 9.67. The van der Waals surface area contributed by atoms with Gasteiger partial charge in [0.2, 0.25) is 0 Å². The molecule has 0 unspecified atom stereocenters. The number of nitrogens with zero attached hydrogens (tertiary/aromatic N) is 4. The molecule has 0 N–H and O–H groups in total. The second-order valence-electron chi connectivity index (χ2n) is 4.53. The van der Waals surface area contributed by atoms with Crippen molar-refractivity contribution < 1.29 is 0 Å². The molecule has 2 heterocycles. The number of hydrogen-bond acceptors (Lipinski definition) is 3. The van der Waals surface area contributed by atoms with E-state index < -0.39 is 0 Å². The van der Waals surface area contributed by atoms with Crippen molar-refractivity contribution in [3.8, 4) is 0 Å². The molecule has 0 atom stereocenters. The van der Waals surface area contributed by atoms with Crippen LogP contribution in [0.3, 0.4) is 0 Å². The molecule has 0 aliphatic rings. The molecule has 3 rings (SSSR count). The predicted molar refractivity (Wildman–Crippen MR) is 80.2 cm³/mol. The Balaban J connectivity index is 2.08. The minimum absolute atomic E-state index is 0.339. The molecule has 102 valence electrons. The molecule has 0 aliphatic carbocycles. The van der Waals surface area contributed by atoms with E-state index in [0.29, 0.717) is 17.4 Å². The van der Waals surface area contributed by atoms with Gasteiger partial charge < -0.3 is 4.57 Å². The van der Waals surface area contributed by atoms with Crippen LogP contribution in [0.1, 0.15) is 17.2 Å². The average molecular weight is 307 g/mol. The van der Waals surface area contributed by atoms with Crippen LogP contribution in [0.2, 0.25) is 5.02 Å². The van der Waals surface area contributed by atoms with E-state index in [1.807, 2.05) is 29.7 Å². The molecule has 1 aromatic carbocycles. The van der Waals surface area contributed by atoms with Crippen LogP contribution in [-0.2, 0) is 12.4 Å². The standard InChI is InChI=1S/C14H12Cl2N4/c1-9-6-18-11(7-17-9)8-20-13-4-10(16)2-3-12(13)19-14(20)5-15/h2-4,6-7H,5,8H2,1H3. The summed E-state index contributed by atoms with van der Waals surface area (Å²) in [6, 6.07) is 5.61. The van der Waals surface area contributed by atoms with Crippen LogP contribution in [0, 0.1) is 6.92 Å². The number of aromatic nitrogens is 4. The molecule has 0 spiro atoms. The van der Waals surface area contributed by atoms with Crippen LogP contribution in [0.25, 0.3) is 11.0 Å². The van der Waals surface area contributed by atoms with Crippen molar-refractivity contribution in [2.75, 3.05) is 0 Å². The average Bonchev–Trinajstić information content (AvgIpc) is 2.79. The van der Waals surface area contributed by atoms with E-state index in [9.17, 15) is 0 Å². The maximum Gasteiger partial charge on any atom is 0.125 e. The zero-order chi connectivity index (χ0) is 14.1. The minimum Gasteiger partial charge on any atom is -0.321 e. The van der Waals surface area contributed by atoms with Gasteiger partial charge in [0.05, 0.1) is 41.0 Å². The van der Waals surface area contributed by atoms with E-state index in [0.717, 1.165) is 28.2 Å². The van der Waals surface area contributed by atoms with Gasteiger partial charge in [-0.25, -0.2) is 4.98 Å². The first-order valence-corrected chi connectivity index (χ1v) is 7.07. The molecule has 0 aliphatic heterocycles. The summed E-state index contributed by atoms with van der Waals surface area (Å²) in [6.45, 7) is 2.49. The molecule has 6 heteroatoms. The molecular weight excluding hydrogens is 295 g/mol. The normalized spacial score (nSPS) is 11.2. The molecule has 0 amide bonds. The monoisotopic (exact) mass is 306 g/mol. The lowest BCUT2D eigenvalue weighted by Gasteiger charge is -2.07. The summed E-state index contributed by atoms with van der Waals surface area (Å²) in [6.07, 6.45) is 3.52. The van der Waals surface area contributed by atoms with Crippen molar-refractivity contribution in [1.82, 2.24) is 19.5 Å². The third kappa shape index (κ3) is 2.49. The highest BCUT2D eigenvalue weighted by Crippen LogP contribution is 2.22. The zero-order valence-corrected chi connectivity index (χ0v) is 12.4. The van der Waals surface area contributed by atoms with Crippen molar-refractivity contribution in [1.29, 1.82) is 0 Å². The Kier molecular flexibility index (Phi) is 3.59. The lowest BCUT2D eigenvalue weighted by Crippen LogP contribution is -2.06. The molecule has 20 heavy (non-hydrogen) atoms.